The van der Waals surface area contributed by atoms with Crippen LogP contribution in [0.25, 0.3) is 0 Å². The number of anilines is 1. The van der Waals surface area contributed by atoms with Gasteiger partial charge in [0, 0.05) is 25.2 Å². The lowest BCUT2D eigenvalue weighted by Crippen LogP contribution is -2.42. The third-order valence-electron chi connectivity index (χ3n) is 2.27. The Hall–Kier alpha value is -1.51. The van der Waals surface area contributed by atoms with Gasteiger partial charge in [0.25, 0.3) is 0 Å². The van der Waals surface area contributed by atoms with Crippen LogP contribution in [0.15, 0.2) is 24.3 Å². The molecule has 0 saturated carbocycles. The Bertz CT molecular complexity index is 335. The molecule has 13 heavy (non-hydrogen) atoms. The quantitative estimate of drug-likeness (QED) is 0.539. The fourth-order valence-corrected chi connectivity index (χ4v) is 1.44. The lowest BCUT2D eigenvalue weighted by molar-refractivity contribution is -0.140. The van der Waals surface area contributed by atoms with Crippen molar-refractivity contribution in [3.05, 3.63) is 29.8 Å². The molecule has 1 amide bonds. The van der Waals surface area contributed by atoms with Crippen molar-refractivity contribution >= 4 is 11.6 Å². The van der Waals surface area contributed by atoms with Gasteiger partial charge in [0.1, 0.15) is 0 Å². The van der Waals surface area contributed by atoms with Gasteiger partial charge in [-0.1, -0.05) is 12.1 Å². The first-order valence-corrected chi connectivity index (χ1v) is 4.38. The minimum absolute atomic E-state index is 0.238. The summed E-state index contributed by atoms with van der Waals surface area (Å²) in [5.74, 6) is 0.238. The number of likely N-dealkylation sites (tertiary alicyclic amines) is 1. The van der Waals surface area contributed by atoms with Gasteiger partial charge in [-0.15, -0.1) is 0 Å². The minimum Gasteiger partial charge on any atom is -0.399 e. The zero-order chi connectivity index (χ0) is 9.26. The molecule has 0 aliphatic carbocycles. The number of carbonyl (C=O) groups excluding carboxylic acids is 1. The molecule has 1 fully saturated rings. The molecule has 1 aliphatic heterocycles. The highest BCUT2D eigenvalue weighted by molar-refractivity contribution is 5.81. The summed E-state index contributed by atoms with van der Waals surface area (Å²) in [7, 11) is 0. The molecular formula is C10H12N2O. The Morgan fingerprint density at radius 3 is 2.85 bits per heavy atom. The molecule has 68 valence electrons. The summed E-state index contributed by atoms with van der Waals surface area (Å²) in [6.07, 6.45) is 0.697. The molecule has 3 heteroatoms. The molecule has 1 heterocycles. The van der Waals surface area contributed by atoms with Crippen molar-refractivity contribution in [2.24, 2.45) is 0 Å². The number of amides is 1. The number of nitrogens with zero attached hydrogens (tertiary/aromatic N) is 1. The van der Waals surface area contributed by atoms with Crippen molar-refractivity contribution in [2.75, 3.05) is 12.3 Å². The van der Waals surface area contributed by atoms with E-state index in [1.54, 1.807) is 0 Å². The minimum atomic E-state index is 0.238. The summed E-state index contributed by atoms with van der Waals surface area (Å²) in [5.41, 5.74) is 7.48. The molecule has 2 rings (SSSR count). The predicted molar refractivity (Wildman–Crippen MR) is 50.9 cm³/mol. The van der Waals surface area contributed by atoms with E-state index in [4.69, 9.17) is 5.73 Å². The van der Waals surface area contributed by atoms with Crippen LogP contribution in [0.4, 0.5) is 5.69 Å². The normalized spacial score (nSPS) is 15.7. The smallest absolute Gasteiger partial charge is 0.224 e. The van der Waals surface area contributed by atoms with Crippen LogP contribution < -0.4 is 5.73 Å². The van der Waals surface area contributed by atoms with E-state index in [2.05, 4.69) is 0 Å². The average molecular weight is 176 g/mol. The molecule has 1 aliphatic rings. The van der Waals surface area contributed by atoms with Gasteiger partial charge in [-0.05, 0) is 17.7 Å². The molecule has 1 saturated heterocycles. The third-order valence-corrected chi connectivity index (χ3v) is 2.27. The van der Waals surface area contributed by atoms with E-state index in [1.165, 1.54) is 0 Å². The van der Waals surface area contributed by atoms with E-state index < -0.39 is 0 Å². The molecule has 1 aromatic rings. The Morgan fingerprint density at radius 2 is 2.31 bits per heavy atom. The van der Waals surface area contributed by atoms with E-state index in [9.17, 15) is 4.79 Å². The number of rotatable bonds is 2. The fraction of sp³-hybridized carbons (Fsp3) is 0.300. The standard InChI is InChI=1S/C10H12N2O/c11-9-3-1-2-8(6-9)7-12-5-4-10(12)13/h1-3,6H,4-5,7,11H2. The van der Waals surface area contributed by atoms with Crippen LogP contribution in [0.2, 0.25) is 0 Å². The highest BCUT2D eigenvalue weighted by Gasteiger charge is 2.23. The molecule has 0 spiro atoms. The summed E-state index contributed by atoms with van der Waals surface area (Å²) in [4.78, 5) is 12.8. The SMILES string of the molecule is Nc1cccc(CN2CCC2=O)c1. The average Bonchev–Trinajstić information content (AvgIpc) is 2.12. The molecule has 0 atom stereocenters. The lowest BCUT2D eigenvalue weighted by atomic mass is 10.1. The van der Waals surface area contributed by atoms with Crippen molar-refractivity contribution < 1.29 is 4.79 Å². The van der Waals surface area contributed by atoms with Gasteiger partial charge < -0.3 is 10.6 Å². The second kappa shape index (κ2) is 3.09. The first-order chi connectivity index (χ1) is 6.25. The van der Waals surface area contributed by atoms with Crippen molar-refractivity contribution in [3.63, 3.8) is 0 Å². The van der Waals surface area contributed by atoms with Gasteiger partial charge in [0.15, 0.2) is 0 Å². The van der Waals surface area contributed by atoms with Crippen LogP contribution in [0.3, 0.4) is 0 Å². The van der Waals surface area contributed by atoms with Gasteiger partial charge in [-0.2, -0.15) is 0 Å². The molecule has 0 unspecified atom stereocenters. The largest absolute Gasteiger partial charge is 0.399 e. The van der Waals surface area contributed by atoms with E-state index in [0.29, 0.717) is 13.0 Å². The van der Waals surface area contributed by atoms with Crippen molar-refractivity contribution in [2.45, 2.75) is 13.0 Å². The number of nitrogens with two attached hydrogens (primary N) is 1. The van der Waals surface area contributed by atoms with E-state index in [-0.39, 0.29) is 5.91 Å². The summed E-state index contributed by atoms with van der Waals surface area (Å²) in [5, 5.41) is 0. The summed E-state index contributed by atoms with van der Waals surface area (Å²) in [6.45, 7) is 1.58. The summed E-state index contributed by atoms with van der Waals surface area (Å²) in [6, 6.07) is 7.66. The number of carbonyl (C=O) groups is 1. The highest BCUT2D eigenvalue weighted by Crippen LogP contribution is 2.15. The van der Waals surface area contributed by atoms with E-state index in [0.717, 1.165) is 17.8 Å². The first kappa shape index (κ1) is 8.10. The summed E-state index contributed by atoms with van der Waals surface area (Å²) >= 11 is 0. The van der Waals surface area contributed by atoms with Gasteiger partial charge >= 0.3 is 0 Å². The van der Waals surface area contributed by atoms with Crippen molar-refractivity contribution in [1.29, 1.82) is 0 Å². The number of hydrogen-bond donors (Lipinski definition) is 1. The Labute approximate surface area is 77.1 Å². The first-order valence-electron chi connectivity index (χ1n) is 4.38. The molecule has 0 aromatic heterocycles. The monoisotopic (exact) mass is 176 g/mol. The van der Waals surface area contributed by atoms with Gasteiger partial charge in [0.05, 0.1) is 0 Å². The molecule has 2 N–H and O–H groups in total. The maximum atomic E-state index is 11.0. The van der Waals surface area contributed by atoms with Crippen LogP contribution in [0.1, 0.15) is 12.0 Å². The van der Waals surface area contributed by atoms with Crippen LogP contribution in [-0.4, -0.2) is 17.4 Å². The van der Waals surface area contributed by atoms with Gasteiger partial charge in [-0.25, -0.2) is 0 Å². The van der Waals surface area contributed by atoms with Crippen LogP contribution in [0, 0.1) is 0 Å². The van der Waals surface area contributed by atoms with E-state index in [1.807, 2.05) is 29.2 Å². The predicted octanol–water partition coefficient (Wildman–Crippen LogP) is 1.00. The maximum absolute atomic E-state index is 11.0. The molecular weight excluding hydrogens is 164 g/mol. The maximum Gasteiger partial charge on any atom is 0.224 e. The van der Waals surface area contributed by atoms with Crippen LogP contribution in [-0.2, 0) is 11.3 Å². The number of nitrogen functional groups attached to an aromatic ring is 1. The van der Waals surface area contributed by atoms with Gasteiger partial charge in [0.2, 0.25) is 5.91 Å². The zero-order valence-electron chi connectivity index (χ0n) is 7.36. The lowest BCUT2D eigenvalue weighted by Gasteiger charge is -2.30. The number of hydrogen-bond acceptors (Lipinski definition) is 2. The van der Waals surface area contributed by atoms with E-state index >= 15 is 0 Å². The molecule has 3 nitrogen and oxygen atoms in total. The van der Waals surface area contributed by atoms with Crippen molar-refractivity contribution in [1.82, 2.24) is 4.90 Å². The Kier molecular flexibility index (Phi) is 1.93. The second-order valence-electron chi connectivity index (χ2n) is 3.31. The second-order valence-corrected chi connectivity index (χ2v) is 3.31. The highest BCUT2D eigenvalue weighted by atomic mass is 16.2. The molecule has 1 aromatic carbocycles. The van der Waals surface area contributed by atoms with Crippen LogP contribution in [0.5, 0.6) is 0 Å². The topological polar surface area (TPSA) is 46.3 Å². The molecule has 0 radical (unpaired) electrons. The summed E-state index contributed by atoms with van der Waals surface area (Å²) < 4.78 is 0. The fourth-order valence-electron chi connectivity index (χ4n) is 1.44. The third kappa shape index (κ3) is 1.64. The van der Waals surface area contributed by atoms with Crippen LogP contribution >= 0.6 is 0 Å². The zero-order valence-corrected chi connectivity index (χ0v) is 7.36. The number of β-lactam (4-membered cyclic amide) rings is 1. The Morgan fingerprint density at radius 1 is 1.46 bits per heavy atom. The van der Waals surface area contributed by atoms with Gasteiger partial charge in [-0.3, -0.25) is 4.79 Å². The number of benzene rings is 1. The van der Waals surface area contributed by atoms with Crippen molar-refractivity contribution in [3.8, 4) is 0 Å². The molecule has 0 bridgehead atoms. The Balaban J connectivity index is 2.05.